The molecule has 2 aromatic heterocycles. The maximum atomic E-state index is 4.31. The number of hydrogen-bond acceptors (Lipinski definition) is 5. The molecule has 1 aliphatic rings. The van der Waals surface area contributed by atoms with Crippen LogP contribution >= 0.6 is 0 Å². The Hall–Kier alpha value is -1.73. The lowest BCUT2D eigenvalue weighted by molar-refractivity contribution is 0.113. The molecule has 7 heteroatoms. The van der Waals surface area contributed by atoms with E-state index in [2.05, 4.69) is 64.9 Å². The van der Waals surface area contributed by atoms with E-state index < -0.39 is 0 Å². The predicted octanol–water partition coefficient (Wildman–Crippen LogP) is 1.94. The molecule has 1 saturated heterocycles. The molecular weight excluding hydrogens is 314 g/mol. The smallest absolute Gasteiger partial charge is 0.0965 e. The van der Waals surface area contributed by atoms with Crippen LogP contribution in [-0.2, 0) is 19.1 Å². The first kappa shape index (κ1) is 18.1. The van der Waals surface area contributed by atoms with E-state index in [0.29, 0.717) is 12.0 Å². The lowest BCUT2D eigenvalue weighted by Crippen LogP contribution is -2.41. The first-order valence-electron chi connectivity index (χ1n) is 9.15. The van der Waals surface area contributed by atoms with Gasteiger partial charge in [-0.1, -0.05) is 5.21 Å². The molecule has 138 valence electrons. The van der Waals surface area contributed by atoms with Gasteiger partial charge in [0, 0.05) is 26.3 Å². The van der Waals surface area contributed by atoms with E-state index in [4.69, 9.17) is 0 Å². The summed E-state index contributed by atoms with van der Waals surface area (Å²) in [5, 5.41) is 12.1. The molecule has 1 aliphatic heterocycles. The van der Waals surface area contributed by atoms with Crippen LogP contribution in [0.2, 0.25) is 0 Å². The zero-order valence-electron chi connectivity index (χ0n) is 16.1. The number of imidazole rings is 1. The lowest BCUT2D eigenvalue weighted by atomic mass is 9.87. The fraction of sp³-hybridized carbons (Fsp3) is 0.722. The van der Waals surface area contributed by atoms with Gasteiger partial charge in [-0.2, -0.15) is 0 Å². The SMILES string of the molecule is CN1CCC[C@@H](CNCc2cn(C(C)(C)C)nn2)[C@@H]1c1cncn1C. The summed E-state index contributed by atoms with van der Waals surface area (Å²) in [5.74, 6) is 0.576. The second-order valence-corrected chi connectivity index (χ2v) is 8.21. The van der Waals surface area contributed by atoms with Crippen LogP contribution in [0.5, 0.6) is 0 Å². The maximum Gasteiger partial charge on any atom is 0.0965 e. The van der Waals surface area contributed by atoms with E-state index in [1.165, 1.54) is 18.5 Å². The van der Waals surface area contributed by atoms with Crippen LogP contribution < -0.4 is 5.32 Å². The van der Waals surface area contributed by atoms with Crippen LogP contribution in [-0.4, -0.2) is 49.6 Å². The normalized spacial score (nSPS) is 22.4. The van der Waals surface area contributed by atoms with E-state index in [0.717, 1.165) is 25.3 Å². The van der Waals surface area contributed by atoms with Crippen LogP contribution in [0, 0.1) is 5.92 Å². The summed E-state index contributed by atoms with van der Waals surface area (Å²) >= 11 is 0. The largest absolute Gasteiger partial charge is 0.336 e. The average Bonchev–Trinajstić information content (AvgIpc) is 3.16. The van der Waals surface area contributed by atoms with E-state index in [-0.39, 0.29) is 5.54 Å². The number of hydrogen-bond donors (Lipinski definition) is 1. The van der Waals surface area contributed by atoms with Crippen LogP contribution in [0.3, 0.4) is 0 Å². The summed E-state index contributed by atoms with van der Waals surface area (Å²) in [6, 6.07) is 0.416. The maximum absolute atomic E-state index is 4.31. The van der Waals surface area contributed by atoms with Gasteiger partial charge >= 0.3 is 0 Å². The van der Waals surface area contributed by atoms with Gasteiger partial charge in [-0.3, -0.25) is 4.90 Å². The van der Waals surface area contributed by atoms with Crippen molar-refractivity contribution in [3.05, 3.63) is 30.1 Å². The van der Waals surface area contributed by atoms with E-state index in [9.17, 15) is 0 Å². The van der Waals surface area contributed by atoms with Gasteiger partial charge in [-0.05, 0) is 53.1 Å². The third kappa shape index (κ3) is 4.10. The van der Waals surface area contributed by atoms with Gasteiger partial charge in [-0.15, -0.1) is 5.10 Å². The van der Waals surface area contributed by atoms with Crippen molar-refractivity contribution in [2.75, 3.05) is 20.1 Å². The van der Waals surface area contributed by atoms with Crippen LogP contribution in [0.25, 0.3) is 0 Å². The molecule has 0 saturated carbocycles. The van der Waals surface area contributed by atoms with Crippen molar-refractivity contribution in [1.82, 2.24) is 34.8 Å². The highest BCUT2D eigenvalue weighted by atomic mass is 15.4. The number of nitrogens with one attached hydrogen (secondary N) is 1. The number of aryl methyl sites for hydroxylation is 1. The van der Waals surface area contributed by atoms with E-state index >= 15 is 0 Å². The molecule has 1 N–H and O–H groups in total. The third-order valence-electron chi connectivity index (χ3n) is 5.10. The standard InChI is InChI=1S/C18H31N7/c1-18(2,3)25-12-15(21-22-25)10-19-9-14-7-6-8-23(4)17(14)16-11-20-13-24(16)5/h11-14,17,19H,6-10H2,1-5H3/t14-,17+/m0/s1. The van der Waals surface area contributed by atoms with E-state index in [1.807, 2.05) is 23.4 Å². The van der Waals surface area contributed by atoms with Gasteiger partial charge in [0.15, 0.2) is 0 Å². The molecule has 2 aromatic rings. The molecule has 2 atom stereocenters. The minimum atomic E-state index is -0.0258. The summed E-state index contributed by atoms with van der Waals surface area (Å²) in [5.41, 5.74) is 2.27. The lowest BCUT2D eigenvalue weighted by Gasteiger charge is -2.39. The molecule has 1 fully saturated rings. The van der Waals surface area contributed by atoms with Crippen molar-refractivity contribution >= 4 is 0 Å². The van der Waals surface area contributed by atoms with Gasteiger partial charge in [0.05, 0.1) is 35.5 Å². The van der Waals surface area contributed by atoms with Gasteiger partial charge in [0.2, 0.25) is 0 Å². The Bertz CT molecular complexity index is 682. The fourth-order valence-electron chi connectivity index (χ4n) is 3.69. The summed E-state index contributed by atoms with van der Waals surface area (Å²) < 4.78 is 4.07. The number of likely N-dealkylation sites (tertiary alicyclic amines) is 1. The number of aromatic nitrogens is 5. The van der Waals surface area contributed by atoms with Gasteiger partial charge in [-0.25, -0.2) is 9.67 Å². The Morgan fingerprint density at radius 2 is 2.08 bits per heavy atom. The number of rotatable bonds is 5. The zero-order chi connectivity index (χ0) is 18.0. The topological polar surface area (TPSA) is 63.8 Å². The first-order valence-corrected chi connectivity index (χ1v) is 9.15. The van der Waals surface area contributed by atoms with Gasteiger partial charge < -0.3 is 9.88 Å². The molecule has 3 heterocycles. The molecular formula is C18H31N7. The molecule has 0 aromatic carbocycles. The summed E-state index contributed by atoms with van der Waals surface area (Å²) in [6.07, 6.45) is 8.43. The van der Waals surface area contributed by atoms with Crippen LogP contribution in [0.15, 0.2) is 18.7 Å². The molecule has 3 rings (SSSR count). The Balaban J connectivity index is 1.61. The minimum Gasteiger partial charge on any atom is -0.336 e. The molecule has 7 nitrogen and oxygen atoms in total. The molecule has 25 heavy (non-hydrogen) atoms. The molecule has 0 amide bonds. The molecule has 0 radical (unpaired) electrons. The van der Waals surface area contributed by atoms with Crippen molar-refractivity contribution in [3.8, 4) is 0 Å². The van der Waals surface area contributed by atoms with Crippen molar-refractivity contribution < 1.29 is 0 Å². The highest BCUT2D eigenvalue weighted by Gasteiger charge is 2.32. The Labute approximate surface area is 150 Å². The van der Waals surface area contributed by atoms with Crippen molar-refractivity contribution in [1.29, 1.82) is 0 Å². The van der Waals surface area contributed by atoms with Crippen LogP contribution in [0.1, 0.15) is 51.0 Å². The highest BCUT2D eigenvalue weighted by molar-refractivity contribution is 5.08. The van der Waals surface area contributed by atoms with Crippen molar-refractivity contribution in [2.45, 2.75) is 51.7 Å². The summed E-state index contributed by atoms with van der Waals surface area (Å²) in [6.45, 7) is 9.28. The van der Waals surface area contributed by atoms with Crippen molar-refractivity contribution in [2.24, 2.45) is 13.0 Å². The molecule has 0 spiro atoms. The molecule has 0 aliphatic carbocycles. The second-order valence-electron chi connectivity index (χ2n) is 8.21. The predicted molar refractivity (Wildman–Crippen MR) is 98.0 cm³/mol. The minimum absolute atomic E-state index is 0.0258. The Morgan fingerprint density at radius 3 is 2.72 bits per heavy atom. The quantitative estimate of drug-likeness (QED) is 0.897. The van der Waals surface area contributed by atoms with Crippen LogP contribution in [0.4, 0.5) is 0 Å². The monoisotopic (exact) mass is 345 g/mol. The highest BCUT2D eigenvalue weighted by Crippen LogP contribution is 2.34. The average molecular weight is 345 g/mol. The Morgan fingerprint density at radius 1 is 1.28 bits per heavy atom. The molecule has 0 unspecified atom stereocenters. The number of nitrogens with zero attached hydrogens (tertiary/aromatic N) is 6. The van der Waals surface area contributed by atoms with Crippen molar-refractivity contribution in [3.63, 3.8) is 0 Å². The zero-order valence-corrected chi connectivity index (χ0v) is 16.1. The van der Waals surface area contributed by atoms with E-state index in [1.54, 1.807) is 0 Å². The van der Waals surface area contributed by atoms with Gasteiger partial charge in [0.1, 0.15) is 0 Å². The second kappa shape index (κ2) is 7.25. The summed E-state index contributed by atoms with van der Waals surface area (Å²) in [4.78, 5) is 6.78. The first-order chi connectivity index (χ1) is 11.9. The summed E-state index contributed by atoms with van der Waals surface area (Å²) in [7, 11) is 4.30. The molecule has 0 bridgehead atoms. The Kier molecular flexibility index (Phi) is 5.24. The number of piperidine rings is 1. The van der Waals surface area contributed by atoms with Gasteiger partial charge in [0.25, 0.3) is 0 Å². The fourth-order valence-corrected chi connectivity index (χ4v) is 3.69. The third-order valence-corrected chi connectivity index (χ3v) is 5.10.